The van der Waals surface area contributed by atoms with Crippen LogP contribution < -0.4 is 15.0 Å². The number of primary sulfonamides is 2. The number of rotatable bonds is 4. The second kappa shape index (κ2) is 5.69. The van der Waals surface area contributed by atoms with Gasteiger partial charge in [0.1, 0.15) is 11.5 Å². The Morgan fingerprint density at radius 2 is 1.36 bits per heavy atom. The molecule has 0 aliphatic heterocycles. The Kier molecular flexibility index (Phi) is 4.25. The topological polar surface area (TPSA) is 130 Å². The number of benzene rings is 2. The molecule has 118 valence electrons. The van der Waals surface area contributed by atoms with Crippen molar-refractivity contribution in [1.29, 1.82) is 0 Å². The average Bonchev–Trinajstić information content (AvgIpc) is 2.36. The molecular weight excluding hydrogens is 328 g/mol. The van der Waals surface area contributed by atoms with E-state index in [9.17, 15) is 16.8 Å². The number of sulfonamides is 2. The van der Waals surface area contributed by atoms with Crippen molar-refractivity contribution >= 4 is 20.0 Å². The van der Waals surface area contributed by atoms with Gasteiger partial charge in [-0.1, -0.05) is 0 Å². The summed E-state index contributed by atoms with van der Waals surface area (Å²) in [6, 6.07) is 9.85. The first kappa shape index (κ1) is 16.4. The summed E-state index contributed by atoms with van der Waals surface area (Å²) in [6.07, 6.45) is 0. The molecule has 0 amide bonds. The predicted molar refractivity (Wildman–Crippen MR) is 80.4 cm³/mol. The lowest BCUT2D eigenvalue weighted by atomic mass is 10.2. The molecule has 0 unspecified atom stereocenters. The van der Waals surface area contributed by atoms with Crippen LogP contribution in [0.2, 0.25) is 0 Å². The molecule has 22 heavy (non-hydrogen) atoms. The molecule has 0 aliphatic rings. The molecule has 4 N–H and O–H groups in total. The van der Waals surface area contributed by atoms with E-state index in [4.69, 9.17) is 15.0 Å². The van der Waals surface area contributed by atoms with Crippen molar-refractivity contribution in [2.75, 3.05) is 0 Å². The Hall–Kier alpha value is -1.94. The fourth-order valence-electron chi connectivity index (χ4n) is 1.84. The molecule has 0 bridgehead atoms. The molecule has 0 aliphatic carbocycles. The Labute approximate surface area is 128 Å². The van der Waals surface area contributed by atoms with Crippen molar-refractivity contribution in [1.82, 2.24) is 0 Å². The van der Waals surface area contributed by atoms with Crippen LogP contribution in [0.1, 0.15) is 5.56 Å². The van der Waals surface area contributed by atoms with Gasteiger partial charge >= 0.3 is 0 Å². The maximum absolute atomic E-state index is 11.3. The van der Waals surface area contributed by atoms with E-state index in [1.807, 2.05) is 0 Å². The first-order valence-electron chi connectivity index (χ1n) is 6.01. The summed E-state index contributed by atoms with van der Waals surface area (Å²) < 4.78 is 50.5. The van der Waals surface area contributed by atoms with Gasteiger partial charge in [0.2, 0.25) is 20.0 Å². The quantitative estimate of drug-likeness (QED) is 0.859. The Balaban J connectivity index is 2.27. The Bertz CT molecular complexity index is 904. The first-order chi connectivity index (χ1) is 10.1. The van der Waals surface area contributed by atoms with Gasteiger partial charge in [-0.25, -0.2) is 27.1 Å². The lowest BCUT2D eigenvalue weighted by Crippen LogP contribution is -2.13. The van der Waals surface area contributed by atoms with Crippen LogP contribution >= 0.6 is 0 Å². The minimum atomic E-state index is -3.78. The van der Waals surface area contributed by atoms with Crippen molar-refractivity contribution < 1.29 is 21.6 Å². The summed E-state index contributed by atoms with van der Waals surface area (Å²) in [5, 5.41) is 10.1. The molecule has 0 heterocycles. The Morgan fingerprint density at radius 3 is 1.82 bits per heavy atom. The molecule has 0 aromatic heterocycles. The fraction of sp³-hybridized carbons (Fsp3) is 0.0769. The highest BCUT2D eigenvalue weighted by atomic mass is 32.2. The van der Waals surface area contributed by atoms with Gasteiger partial charge in [-0.15, -0.1) is 0 Å². The summed E-state index contributed by atoms with van der Waals surface area (Å²) >= 11 is 0. The van der Waals surface area contributed by atoms with E-state index in [-0.39, 0.29) is 9.79 Å². The molecule has 2 aromatic rings. The second-order valence-corrected chi connectivity index (χ2v) is 7.68. The SMILES string of the molecule is Cc1cc(Oc2ccc(S(N)(=O)=O)cc2)ccc1S(N)(=O)=O. The number of hydrogen-bond donors (Lipinski definition) is 2. The molecule has 0 saturated heterocycles. The highest BCUT2D eigenvalue weighted by Gasteiger charge is 2.12. The molecule has 2 rings (SSSR count). The zero-order valence-electron chi connectivity index (χ0n) is 11.6. The predicted octanol–water partition coefficient (Wildman–Crippen LogP) is 1.08. The summed E-state index contributed by atoms with van der Waals surface area (Å²) in [4.78, 5) is -0.00923. The van der Waals surface area contributed by atoms with Crippen LogP contribution in [-0.4, -0.2) is 16.8 Å². The van der Waals surface area contributed by atoms with E-state index in [2.05, 4.69) is 0 Å². The van der Waals surface area contributed by atoms with Crippen LogP contribution in [0.3, 0.4) is 0 Å². The normalized spacial score (nSPS) is 12.1. The lowest BCUT2D eigenvalue weighted by molar-refractivity contribution is 0.481. The third-order valence-electron chi connectivity index (χ3n) is 2.84. The average molecular weight is 342 g/mol. The fourth-order valence-corrected chi connectivity index (χ4v) is 3.12. The van der Waals surface area contributed by atoms with Crippen molar-refractivity contribution in [3.63, 3.8) is 0 Å². The van der Waals surface area contributed by atoms with Gasteiger partial charge in [-0.2, -0.15) is 0 Å². The van der Waals surface area contributed by atoms with Crippen LogP contribution in [0, 0.1) is 6.92 Å². The smallest absolute Gasteiger partial charge is 0.238 e. The van der Waals surface area contributed by atoms with Gasteiger partial charge in [-0.3, -0.25) is 0 Å². The lowest BCUT2D eigenvalue weighted by Gasteiger charge is -2.09. The van der Waals surface area contributed by atoms with Gasteiger partial charge in [0.25, 0.3) is 0 Å². The van der Waals surface area contributed by atoms with Crippen LogP contribution in [0.5, 0.6) is 11.5 Å². The van der Waals surface area contributed by atoms with Gasteiger partial charge in [0.05, 0.1) is 9.79 Å². The summed E-state index contributed by atoms with van der Waals surface area (Å²) in [5.74, 6) is 0.781. The second-order valence-electron chi connectivity index (χ2n) is 4.59. The van der Waals surface area contributed by atoms with Gasteiger partial charge in [0.15, 0.2) is 0 Å². The van der Waals surface area contributed by atoms with Crippen LogP contribution in [-0.2, 0) is 20.0 Å². The maximum atomic E-state index is 11.3. The van der Waals surface area contributed by atoms with Crippen molar-refractivity contribution in [2.45, 2.75) is 16.7 Å². The van der Waals surface area contributed by atoms with Crippen LogP contribution in [0.15, 0.2) is 52.3 Å². The highest BCUT2D eigenvalue weighted by Crippen LogP contribution is 2.26. The largest absolute Gasteiger partial charge is 0.457 e. The molecule has 0 fully saturated rings. The number of nitrogens with two attached hydrogens (primary N) is 2. The van der Waals surface area contributed by atoms with Crippen LogP contribution in [0.4, 0.5) is 0 Å². The minimum Gasteiger partial charge on any atom is -0.457 e. The van der Waals surface area contributed by atoms with Gasteiger partial charge in [-0.05, 0) is 55.0 Å². The van der Waals surface area contributed by atoms with E-state index >= 15 is 0 Å². The third-order valence-corrected chi connectivity index (χ3v) is 4.84. The summed E-state index contributed by atoms with van der Waals surface area (Å²) in [5.41, 5.74) is 0.446. The third kappa shape index (κ3) is 3.83. The molecule has 9 heteroatoms. The molecule has 0 radical (unpaired) electrons. The van der Waals surface area contributed by atoms with Crippen molar-refractivity contribution in [3.8, 4) is 11.5 Å². The number of aryl methyl sites for hydroxylation is 1. The number of hydrogen-bond acceptors (Lipinski definition) is 5. The zero-order valence-corrected chi connectivity index (χ0v) is 13.2. The monoisotopic (exact) mass is 342 g/mol. The maximum Gasteiger partial charge on any atom is 0.238 e. The number of ether oxygens (including phenoxy) is 1. The summed E-state index contributed by atoms with van der Waals surface area (Å²) in [6.45, 7) is 1.59. The van der Waals surface area contributed by atoms with E-state index in [0.717, 1.165) is 0 Å². The Morgan fingerprint density at radius 1 is 0.818 bits per heavy atom. The molecule has 0 atom stereocenters. The zero-order chi connectivity index (χ0) is 16.5. The standard InChI is InChI=1S/C13H14N2O5S2/c1-9-8-11(4-7-13(9)22(15,18)19)20-10-2-5-12(6-3-10)21(14,16)17/h2-8H,1H3,(H2,14,16,17)(H2,15,18,19). The van der Waals surface area contributed by atoms with Gasteiger partial charge in [0, 0.05) is 0 Å². The molecule has 0 spiro atoms. The molecule has 2 aromatic carbocycles. The van der Waals surface area contributed by atoms with E-state index < -0.39 is 20.0 Å². The molecule has 7 nitrogen and oxygen atoms in total. The van der Waals surface area contributed by atoms with E-state index in [1.54, 1.807) is 6.92 Å². The molecule has 0 saturated carbocycles. The van der Waals surface area contributed by atoms with E-state index in [0.29, 0.717) is 17.1 Å². The van der Waals surface area contributed by atoms with Crippen LogP contribution in [0.25, 0.3) is 0 Å². The minimum absolute atomic E-state index is 0.0180. The summed E-state index contributed by atoms with van der Waals surface area (Å²) in [7, 11) is -7.54. The van der Waals surface area contributed by atoms with Gasteiger partial charge < -0.3 is 4.74 Å². The highest BCUT2D eigenvalue weighted by molar-refractivity contribution is 7.89. The van der Waals surface area contributed by atoms with Crippen molar-refractivity contribution in [2.24, 2.45) is 10.3 Å². The van der Waals surface area contributed by atoms with E-state index in [1.165, 1.54) is 42.5 Å². The van der Waals surface area contributed by atoms with Crippen molar-refractivity contribution in [3.05, 3.63) is 48.0 Å². The molecular formula is C13H14N2O5S2. The first-order valence-corrected chi connectivity index (χ1v) is 9.11.